The van der Waals surface area contributed by atoms with Gasteiger partial charge in [0, 0.05) is 16.8 Å². The fourth-order valence-electron chi connectivity index (χ4n) is 3.53. The summed E-state index contributed by atoms with van der Waals surface area (Å²) in [6, 6.07) is 26.0. The molecule has 0 spiro atoms. The van der Waals surface area contributed by atoms with Crippen LogP contribution in [0.25, 0.3) is 11.3 Å². The molecule has 0 amide bonds. The van der Waals surface area contributed by atoms with Gasteiger partial charge in [0.15, 0.2) is 11.9 Å². The summed E-state index contributed by atoms with van der Waals surface area (Å²) in [6.07, 6.45) is 0.388. The molecule has 0 bridgehead atoms. The lowest BCUT2D eigenvalue weighted by Crippen LogP contribution is -2.17. The quantitative estimate of drug-likeness (QED) is 0.412. The fraction of sp³-hybridized carbons (Fsp3) is 0.192. The van der Waals surface area contributed by atoms with Crippen molar-refractivity contribution in [1.82, 2.24) is 15.2 Å². The van der Waals surface area contributed by atoms with Crippen molar-refractivity contribution in [3.05, 3.63) is 90.0 Å². The molecule has 0 aliphatic carbocycles. The van der Waals surface area contributed by atoms with Gasteiger partial charge < -0.3 is 19.5 Å². The Labute approximate surface area is 192 Å². The number of hydrogen-bond acceptors (Lipinski definition) is 7. The van der Waals surface area contributed by atoms with E-state index in [4.69, 9.17) is 14.2 Å². The highest BCUT2D eigenvalue weighted by molar-refractivity contribution is 5.79. The lowest BCUT2D eigenvalue weighted by Gasteiger charge is -2.19. The third kappa shape index (κ3) is 4.72. The predicted octanol–water partition coefficient (Wildman–Crippen LogP) is 5.41. The van der Waals surface area contributed by atoms with Crippen LogP contribution in [-0.2, 0) is 6.61 Å². The first-order valence-corrected chi connectivity index (χ1v) is 11.0. The molecule has 0 saturated heterocycles. The molecule has 2 heterocycles. The molecule has 1 aromatic heterocycles. The summed E-state index contributed by atoms with van der Waals surface area (Å²) in [6.45, 7) is 3.06. The van der Waals surface area contributed by atoms with Crippen LogP contribution in [0.2, 0.25) is 0 Å². The van der Waals surface area contributed by atoms with Crippen LogP contribution < -0.4 is 19.5 Å². The van der Waals surface area contributed by atoms with E-state index >= 15 is 0 Å². The third-order valence-corrected chi connectivity index (χ3v) is 5.20. The summed E-state index contributed by atoms with van der Waals surface area (Å²) < 4.78 is 17.8. The standard InChI is InChI=1S/C26H24N4O3/c1-2-16-31-26-28-25-23(29-30-26)21-10-6-7-11-22(21)27-24(33-25)19-12-14-20(15-13-19)32-17-18-8-4-3-5-9-18/h3-15,24,27H,2,16-17H2,1H3. The number of nitrogens with one attached hydrogen (secondary N) is 1. The summed E-state index contributed by atoms with van der Waals surface area (Å²) in [5, 5.41) is 11.9. The Hall–Kier alpha value is -4.13. The van der Waals surface area contributed by atoms with Gasteiger partial charge in [-0.15, -0.1) is 5.10 Å². The second-order valence-corrected chi connectivity index (χ2v) is 7.63. The molecular weight excluding hydrogens is 416 g/mol. The first-order valence-electron chi connectivity index (χ1n) is 11.0. The second kappa shape index (κ2) is 9.56. The molecule has 33 heavy (non-hydrogen) atoms. The summed E-state index contributed by atoms with van der Waals surface area (Å²) in [7, 11) is 0. The topological polar surface area (TPSA) is 78.4 Å². The van der Waals surface area contributed by atoms with Crippen molar-refractivity contribution in [2.75, 3.05) is 11.9 Å². The van der Waals surface area contributed by atoms with Crippen LogP contribution >= 0.6 is 0 Å². The van der Waals surface area contributed by atoms with Crippen LogP contribution in [0.15, 0.2) is 78.9 Å². The van der Waals surface area contributed by atoms with Crippen LogP contribution in [0, 0.1) is 0 Å². The molecular formula is C26H24N4O3. The number of fused-ring (bicyclic) bond motifs is 3. The van der Waals surface area contributed by atoms with Crippen LogP contribution in [0.3, 0.4) is 0 Å². The molecule has 0 fully saturated rings. The average molecular weight is 441 g/mol. The van der Waals surface area contributed by atoms with Crippen molar-refractivity contribution < 1.29 is 14.2 Å². The van der Waals surface area contributed by atoms with E-state index in [0.29, 0.717) is 24.8 Å². The van der Waals surface area contributed by atoms with E-state index in [1.165, 1.54) is 0 Å². The number of aromatic nitrogens is 3. The minimum Gasteiger partial charge on any atom is -0.489 e. The number of anilines is 1. The van der Waals surface area contributed by atoms with Gasteiger partial charge in [0.2, 0.25) is 5.88 Å². The Morgan fingerprint density at radius 3 is 2.48 bits per heavy atom. The average Bonchev–Trinajstić information content (AvgIpc) is 3.03. The first kappa shape index (κ1) is 20.8. The maximum absolute atomic E-state index is 6.27. The van der Waals surface area contributed by atoms with E-state index in [0.717, 1.165) is 34.5 Å². The van der Waals surface area contributed by atoms with Crippen molar-refractivity contribution in [1.29, 1.82) is 0 Å². The van der Waals surface area contributed by atoms with Crippen molar-refractivity contribution in [2.45, 2.75) is 26.2 Å². The zero-order valence-corrected chi connectivity index (χ0v) is 18.3. The van der Waals surface area contributed by atoms with Gasteiger partial charge in [-0.2, -0.15) is 4.98 Å². The minimum atomic E-state index is -0.466. The first-order chi connectivity index (χ1) is 16.3. The fourth-order valence-corrected chi connectivity index (χ4v) is 3.53. The van der Waals surface area contributed by atoms with E-state index in [1.807, 2.05) is 85.8 Å². The molecule has 1 unspecified atom stereocenters. The molecule has 3 aromatic carbocycles. The maximum Gasteiger partial charge on any atom is 0.339 e. The van der Waals surface area contributed by atoms with Gasteiger partial charge in [-0.05, 0) is 42.3 Å². The Morgan fingerprint density at radius 1 is 0.879 bits per heavy atom. The highest BCUT2D eigenvalue weighted by atomic mass is 16.5. The molecule has 7 heteroatoms. The number of benzene rings is 3. The SMILES string of the molecule is CCCOc1nnc2c(n1)OC(c1ccc(OCc3ccccc3)cc1)Nc1ccccc1-2. The molecule has 0 radical (unpaired) electrons. The third-order valence-electron chi connectivity index (χ3n) is 5.20. The minimum absolute atomic E-state index is 0.207. The van der Waals surface area contributed by atoms with Gasteiger partial charge >= 0.3 is 6.01 Å². The van der Waals surface area contributed by atoms with Crippen molar-refractivity contribution in [2.24, 2.45) is 0 Å². The Morgan fingerprint density at radius 2 is 1.67 bits per heavy atom. The lowest BCUT2D eigenvalue weighted by molar-refractivity contribution is 0.218. The summed E-state index contributed by atoms with van der Waals surface area (Å²) in [5.41, 5.74) is 4.40. The molecule has 1 aliphatic rings. The van der Waals surface area contributed by atoms with Gasteiger partial charge in [0.25, 0.3) is 0 Å². The van der Waals surface area contributed by atoms with Gasteiger partial charge in [-0.1, -0.05) is 60.6 Å². The maximum atomic E-state index is 6.27. The Kier molecular flexibility index (Phi) is 6.01. The number of nitrogens with zero attached hydrogens (tertiary/aromatic N) is 3. The Bertz CT molecular complexity index is 1220. The van der Waals surface area contributed by atoms with Crippen molar-refractivity contribution in [3.63, 3.8) is 0 Å². The molecule has 1 N–H and O–H groups in total. The summed E-state index contributed by atoms with van der Waals surface area (Å²) >= 11 is 0. The molecule has 166 valence electrons. The van der Waals surface area contributed by atoms with Gasteiger partial charge in [0.1, 0.15) is 12.4 Å². The molecule has 5 rings (SSSR count). The zero-order chi connectivity index (χ0) is 22.5. The second-order valence-electron chi connectivity index (χ2n) is 7.63. The number of hydrogen-bond donors (Lipinski definition) is 1. The van der Waals surface area contributed by atoms with Gasteiger partial charge in [-0.25, -0.2) is 0 Å². The number of ether oxygens (including phenoxy) is 3. The van der Waals surface area contributed by atoms with Crippen LogP contribution in [0.5, 0.6) is 17.6 Å². The van der Waals surface area contributed by atoms with Gasteiger partial charge in [0.05, 0.1) is 6.61 Å². The van der Waals surface area contributed by atoms with Gasteiger partial charge in [-0.3, -0.25) is 0 Å². The predicted molar refractivity (Wildman–Crippen MR) is 125 cm³/mol. The van der Waals surface area contributed by atoms with E-state index in [2.05, 4.69) is 20.5 Å². The van der Waals surface area contributed by atoms with Crippen LogP contribution in [0.4, 0.5) is 5.69 Å². The molecule has 0 saturated carbocycles. The lowest BCUT2D eigenvalue weighted by atomic mass is 10.1. The summed E-state index contributed by atoms with van der Waals surface area (Å²) in [5.74, 6) is 1.17. The monoisotopic (exact) mass is 440 g/mol. The molecule has 1 aliphatic heterocycles. The normalized spacial score (nSPS) is 14.2. The molecule has 4 aromatic rings. The van der Waals surface area contributed by atoms with Crippen LogP contribution in [-0.4, -0.2) is 21.8 Å². The van der Waals surface area contributed by atoms with E-state index in [-0.39, 0.29) is 6.01 Å². The number of para-hydroxylation sites is 1. The highest BCUT2D eigenvalue weighted by Gasteiger charge is 2.26. The molecule has 1 atom stereocenters. The largest absolute Gasteiger partial charge is 0.489 e. The highest BCUT2D eigenvalue weighted by Crippen LogP contribution is 2.39. The molecule has 7 nitrogen and oxygen atoms in total. The van der Waals surface area contributed by atoms with Crippen LogP contribution in [0.1, 0.15) is 30.7 Å². The number of rotatable bonds is 7. The van der Waals surface area contributed by atoms with Crippen molar-refractivity contribution in [3.8, 4) is 28.9 Å². The van der Waals surface area contributed by atoms with E-state index in [1.54, 1.807) is 0 Å². The van der Waals surface area contributed by atoms with E-state index in [9.17, 15) is 0 Å². The Balaban J connectivity index is 1.39. The van der Waals surface area contributed by atoms with E-state index < -0.39 is 6.23 Å². The summed E-state index contributed by atoms with van der Waals surface area (Å²) in [4.78, 5) is 4.48. The smallest absolute Gasteiger partial charge is 0.339 e. The van der Waals surface area contributed by atoms with Crippen molar-refractivity contribution >= 4 is 5.69 Å². The zero-order valence-electron chi connectivity index (χ0n) is 18.3.